The number of unbranched alkanes of at least 4 members (excludes halogenated alkanes) is 1. The molecule has 0 bridgehead atoms. The number of hydrogen-bond acceptors (Lipinski definition) is 6. The highest BCUT2D eigenvalue weighted by Gasteiger charge is 2.45. The largest absolute Gasteiger partial charge is 0.370 e. The standard InChI is InChI=1S/C23H32N8O4/c1-15(32)30-18(8-9-19(25)33)20(34)31-23(12-16-6-2-3-7-17(16)13-23)21(35)27-10-4-5-11-28-22(26)29-14-24/h2-3,6-7,18H,4-5,8-13H2,1H3,(H2,25,33)(H,27,35)(H,30,32)(H,31,34)(H3,26,28,29)/t18-/m0/s1. The van der Waals surface area contributed by atoms with Crippen molar-refractivity contribution in [3.05, 3.63) is 35.4 Å². The molecule has 0 heterocycles. The van der Waals surface area contributed by atoms with Gasteiger partial charge < -0.3 is 32.7 Å². The van der Waals surface area contributed by atoms with Crippen molar-refractivity contribution in [1.82, 2.24) is 21.3 Å². The predicted molar refractivity (Wildman–Crippen MR) is 128 cm³/mol. The van der Waals surface area contributed by atoms with E-state index in [9.17, 15) is 19.2 Å². The minimum Gasteiger partial charge on any atom is -0.370 e. The van der Waals surface area contributed by atoms with E-state index in [1.54, 1.807) is 6.19 Å². The lowest BCUT2D eigenvalue weighted by Gasteiger charge is -2.31. The lowest BCUT2D eigenvalue weighted by molar-refractivity contribution is -0.135. The van der Waals surface area contributed by atoms with Gasteiger partial charge in [-0.15, -0.1) is 4.99 Å². The van der Waals surface area contributed by atoms with Crippen LogP contribution in [-0.2, 0) is 32.0 Å². The summed E-state index contributed by atoms with van der Waals surface area (Å²) in [5.74, 6) is -1.88. The first kappa shape index (κ1) is 27.1. The highest BCUT2D eigenvalue weighted by Crippen LogP contribution is 2.30. The second-order valence-electron chi connectivity index (χ2n) is 8.44. The molecular weight excluding hydrogens is 452 g/mol. The lowest BCUT2D eigenvalue weighted by atomic mass is 9.93. The van der Waals surface area contributed by atoms with Gasteiger partial charge in [-0.25, -0.2) is 0 Å². The Morgan fingerprint density at radius 1 is 1.09 bits per heavy atom. The Morgan fingerprint density at radius 3 is 2.23 bits per heavy atom. The maximum absolute atomic E-state index is 13.3. The van der Waals surface area contributed by atoms with Crippen LogP contribution in [0.2, 0.25) is 0 Å². The van der Waals surface area contributed by atoms with Gasteiger partial charge >= 0.3 is 0 Å². The molecule has 1 atom stereocenters. The maximum atomic E-state index is 13.3. The molecule has 0 spiro atoms. The van der Waals surface area contributed by atoms with Gasteiger partial charge in [-0.1, -0.05) is 24.3 Å². The van der Waals surface area contributed by atoms with Gasteiger partial charge in [0.2, 0.25) is 35.8 Å². The summed E-state index contributed by atoms with van der Waals surface area (Å²) in [4.78, 5) is 52.7. The first-order valence-corrected chi connectivity index (χ1v) is 11.4. The fraction of sp³-hybridized carbons (Fsp3) is 0.478. The number of carbonyl (C=O) groups is 4. The Labute approximate surface area is 203 Å². The van der Waals surface area contributed by atoms with Gasteiger partial charge in [0.25, 0.3) is 0 Å². The smallest absolute Gasteiger partial charge is 0.246 e. The number of nitrogens with one attached hydrogen (secondary N) is 4. The number of rotatable bonds is 12. The molecule has 188 valence electrons. The number of nitriles is 1. The maximum Gasteiger partial charge on any atom is 0.246 e. The van der Waals surface area contributed by atoms with E-state index in [4.69, 9.17) is 16.7 Å². The minimum atomic E-state index is -1.23. The summed E-state index contributed by atoms with van der Waals surface area (Å²) in [7, 11) is 0. The average Bonchev–Trinajstić information content (AvgIpc) is 3.17. The molecule has 1 aliphatic carbocycles. The molecule has 0 saturated carbocycles. The van der Waals surface area contributed by atoms with Crippen LogP contribution in [0.3, 0.4) is 0 Å². The number of benzene rings is 1. The van der Waals surface area contributed by atoms with E-state index in [0.29, 0.717) is 38.8 Å². The molecular formula is C23H32N8O4. The van der Waals surface area contributed by atoms with Crippen LogP contribution in [0.15, 0.2) is 29.3 Å². The topological polar surface area (TPSA) is 205 Å². The molecule has 0 aromatic heterocycles. The molecule has 8 N–H and O–H groups in total. The van der Waals surface area contributed by atoms with Crippen LogP contribution in [-0.4, -0.2) is 54.3 Å². The summed E-state index contributed by atoms with van der Waals surface area (Å²) in [5.41, 5.74) is 11.4. The second kappa shape index (κ2) is 12.9. The molecule has 2 rings (SSSR count). The van der Waals surface area contributed by atoms with Crippen molar-refractivity contribution >= 4 is 29.6 Å². The average molecular weight is 485 g/mol. The molecule has 1 aromatic carbocycles. The van der Waals surface area contributed by atoms with E-state index >= 15 is 0 Å². The third-order valence-electron chi connectivity index (χ3n) is 5.64. The number of guanidine groups is 1. The van der Waals surface area contributed by atoms with Gasteiger partial charge in [-0.2, -0.15) is 5.26 Å². The first-order chi connectivity index (χ1) is 16.7. The quantitative estimate of drug-likeness (QED) is 0.0913. The summed E-state index contributed by atoms with van der Waals surface area (Å²) < 4.78 is 0. The van der Waals surface area contributed by atoms with E-state index < -0.39 is 29.3 Å². The van der Waals surface area contributed by atoms with Crippen molar-refractivity contribution in [2.75, 3.05) is 13.1 Å². The highest BCUT2D eigenvalue weighted by atomic mass is 16.2. The summed E-state index contributed by atoms with van der Waals surface area (Å²) in [6.45, 7) is 2.12. The number of fused-ring (bicyclic) bond motifs is 1. The molecule has 35 heavy (non-hydrogen) atoms. The Hall–Kier alpha value is -4.14. The third-order valence-corrected chi connectivity index (χ3v) is 5.64. The van der Waals surface area contributed by atoms with Crippen molar-refractivity contribution < 1.29 is 19.2 Å². The van der Waals surface area contributed by atoms with E-state index in [0.717, 1.165) is 11.1 Å². The van der Waals surface area contributed by atoms with Crippen LogP contribution in [0.4, 0.5) is 0 Å². The number of primary amides is 1. The van der Waals surface area contributed by atoms with Crippen LogP contribution >= 0.6 is 0 Å². The molecule has 0 saturated heterocycles. The van der Waals surface area contributed by atoms with Gasteiger partial charge in [0.05, 0.1) is 0 Å². The van der Waals surface area contributed by atoms with Gasteiger partial charge in [0, 0.05) is 39.3 Å². The molecule has 0 fully saturated rings. The second-order valence-corrected chi connectivity index (χ2v) is 8.44. The van der Waals surface area contributed by atoms with Crippen molar-refractivity contribution in [1.29, 1.82) is 5.26 Å². The molecule has 0 aliphatic heterocycles. The zero-order valence-corrected chi connectivity index (χ0v) is 19.7. The Balaban J connectivity index is 2.06. The monoisotopic (exact) mass is 484 g/mol. The van der Waals surface area contributed by atoms with Crippen molar-refractivity contribution in [2.24, 2.45) is 16.5 Å². The number of carbonyl (C=O) groups excluding carboxylic acids is 4. The first-order valence-electron chi connectivity index (χ1n) is 11.4. The molecule has 1 aliphatic rings. The summed E-state index contributed by atoms with van der Waals surface area (Å²) in [6.07, 6.45) is 3.41. The Kier molecular flexibility index (Phi) is 10.0. The van der Waals surface area contributed by atoms with E-state index in [1.165, 1.54) is 6.92 Å². The fourth-order valence-corrected chi connectivity index (χ4v) is 3.98. The van der Waals surface area contributed by atoms with Crippen LogP contribution < -0.4 is 32.7 Å². The molecule has 12 nitrogen and oxygen atoms in total. The van der Waals surface area contributed by atoms with E-state index in [2.05, 4.69) is 26.3 Å². The zero-order chi connectivity index (χ0) is 25.8. The molecule has 0 unspecified atom stereocenters. The van der Waals surface area contributed by atoms with Gasteiger partial charge in [-0.3, -0.25) is 19.2 Å². The molecule has 4 amide bonds. The number of amides is 4. The number of nitrogens with zero attached hydrogens (tertiary/aromatic N) is 2. The van der Waals surface area contributed by atoms with Crippen molar-refractivity contribution in [3.8, 4) is 6.19 Å². The predicted octanol–water partition coefficient (Wildman–Crippen LogP) is -1.31. The van der Waals surface area contributed by atoms with Gasteiger partial charge in [0.1, 0.15) is 11.6 Å². The number of hydrogen-bond donors (Lipinski definition) is 6. The van der Waals surface area contributed by atoms with Crippen LogP contribution in [0.1, 0.15) is 43.7 Å². The van der Waals surface area contributed by atoms with Gasteiger partial charge in [0.15, 0.2) is 0 Å². The van der Waals surface area contributed by atoms with Crippen LogP contribution in [0.5, 0.6) is 0 Å². The Morgan fingerprint density at radius 2 is 1.69 bits per heavy atom. The van der Waals surface area contributed by atoms with Crippen molar-refractivity contribution in [3.63, 3.8) is 0 Å². The van der Waals surface area contributed by atoms with Gasteiger partial charge in [-0.05, 0) is 30.4 Å². The SMILES string of the molecule is CC(=O)N[C@@H](CCC(N)=O)C(=O)NC1(C(=O)NCCCCN/C(N)=N\C#N)Cc2ccccc2C1. The summed E-state index contributed by atoms with van der Waals surface area (Å²) in [6, 6.07) is 6.56. The third kappa shape index (κ3) is 8.29. The zero-order valence-electron chi connectivity index (χ0n) is 19.7. The van der Waals surface area contributed by atoms with Crippen LogP contribution in [0, 0.1) is 11.5 Å². The number of aliphatic imine (C=N–C) groups is 1. The van der Waals surface area contributed by atoms with Crippen molar-refractivity contribution in [2.45, 2.75) is 57.0 Å². The Bertz CT molecular complexity index is 992. The lowest BCUT2D eigenvalue weighted by Crippen LogP contribution is -2.63. The summed E-state index contributed by atoms with van der Waals surface area (Å²) >= 11 is 0. The molecule has 1 aromatic rings. The fourth-order valence-electron chi connectivity index (χ4n) is 3.98. The molecule has 0 radical (unpaired) electrons. The summed E-state index contributed by atoms with van der Waals surface area (Å²) in [5, 5.41) is 19.5. The minimum absolute atomic E-state index is 0.0244. The van der Waals surface area contributed by atoms with E-state index in [1.807, 2.05) is 24.3 Å². The normalized spacial score (nSPS) is 14.7. The van der Waals surface area contributed by atoms with E-state index in [-0.39, 0.29) is 24.7 Å². The number of nitrogens with two attached hydrogens (primary N) is 2. The highest BCUT2D eigenvalue weighted by molar-refractivity contribution is 5.95. The molecule has 12 heteroatoms. The van der Waals surface area contributed by atoms with Crippen LogP contribution in [0.25, 0.3) is 0 Å².